The summed E-state index contributed by atoms with van der Waals surface area (Å²) in [5.74, 6) is 0. The normalized spacial score (nSPS) is 17.6. The smallest absolute Gasteiger partial charge is 0.240 e. The van der Waals surface area contributed by atoms with Gasteiger partial charge in [-0.3, -0.25) is 0 Å². The third kappa shape index (κ3) is 4.01. The van der Waals surface area contributed by atoms with Gasteiger partial charge >= 0.3 is 0 Å². The van der Waals surface area contributed by atoms with Crippen molar-refractivity contribution in [2.45, 2.75) is 39.7 Å². The molecule has 1 atom stereocenters. The van der Waals surface area contributed by atoms with E-state index in [9.17, 15) is 5.11 Å². The van der Waals surface area contributed by atoms with E-state index < -0.39 is 9.04 Å². The molecule has 0 aliphatic heterocycles. The molecule has 2 aromatic carbocycles. The van der Waals surface area contributed by atoms with E-state index in [0.29, 0.717) is 0 Å². The minimum atomic E-state index is -1.86. The van der Waals surface area contributed by atoms with Gasteiger partial charge in [0, 0.05) is 5.41 Å². The highest BCUT2D eigenvalue weighted by molar-refractivity contribution is 6.80. The van der Waals surface area contributed by atoms with Gasteiger partial charge in [0.15, 0.2) is 0 Å². The Hall–Kier alpha value is -1.68. The van der Waals surface area contributed by atoms with Crippen molar-refractivity contribution in [2.75, 3.05) is 6.61 Å². The summed E-state index contributed by atoms with van der Waals surface area (Å²) >= 11 is 0. The highest BCUT2D eigenvalue weighted by Crippen LogP contribution is 2.45. The Morgan fingerprint density at radius 1 is 0.923 bits per heavy atom. The summed E-state index contributed by atoms with van der Waals surface area (Å²) in [5, 5.41) is 12.9. The molecule has 1 aliphatic rings. The lowest BCUT2D eigenvalue weighted by molar-refractivity contribution is -0.0536. The summed E-state index contributed by atoms with van der Waals surface area (Å²) in [4.78, 5) is 0. The van der Waals surface area contributed by atoms with Gasteiger partial charge in [0.05, 0.1) is 12.7 Å². The summed E-state index contributed by atoms with van der Waals surface area (Å²) in [6.45, 7) is 6.85. The van der Waals surface area contributed by atoms with Crippen LogP contribution in [0.2, 0.25) is 0 Å². The predicted octanol–water partition coefficient (Wildman–Crippen LogP) is 3.28. The SMILES string of the molecule is CC(C)(C)C(O[SiH](c1ccccc1)c1ccccc1)C1(CO)CC=CC1. The molecule has 0 spiro atoms. The van der Waals surface area contributed by atoms with Gasteiger partial charge in [-0.1, -0.05) is 93.6 Å². The van der Waals surface area contributed by atoms with Crippen LogP contribution in [0.5, 0.6) is 0 Å². The summed E-state index contributed by atoms with van der Waals surface area (Å²) < 4.78 is 7.00. The van der Waals surface area contributed by atoms with E-state index in [4.69, 9.17) is 4.43 Å². The molecule has 2 nitrogen and oxygen atoms in total. The lowest BCUT2D eigenvalue weighted by Gasteiger charge is -2.45. The van der Waals surface area contributed by atoms with Crippen molar-refractivity contribution < 1.29 is 9.53 Å². The van der Waals surface area contributed by atoms with Gasteiger partial charge in [-0.05, 0) is 28.6 Å². The number of hydrogen-bond acceptors (Lipinski definition) is 2. The van der Waals surface area contributed by atoms with Crippen LogP contribution in [-0.2, 0) is 4.43 Å². The number of hydrogen-bond donors (Lipinski definition) is 1. The van der Waals surface area contributed by atoms with Gasteiger partial charge < -0.3 is 9.53 Å². The molecule has 26 heavy (non-hydrogen) atoms. The third-order valence-corrected chi connectivity index (χ3v) is 7.88. The third-order valence-electron chi connectivity index (χ3n) is 5.35. The average Bonchev–Trinajstić information content (AvgIpc) is 3.13. The first-order chi connectivity index (χ1) is 12.5. The lowest BCUT2D eigenvalue weighted by atomic mass is 9.70. The minimum Gasteiger partial charge on any atom is -0.407 e. The van der Waals surface area contributed by atoms with Crippen molar-refractivity contribution in [3.05, 3.63) is 72.8 Å². The second-order valence-electron chi connectivity index (χ2n) is 8.48. The molecule has 1 aliphatic carbocycles. The first-order valence-electron chi connectivity index (χ1n) is 9.47. The second kappa shape index (κ2) is 7.91. The molecule has 0 bridgehead atoms. The van der Waals surface area contributed by atoms with Crippen molar-refractivity contribution in [2.24, 2.45) is 10.8 Å². The van der Waals surface area contributed by atoms with Crippen LogP contribution < -0.4 is 10.4 Å². The average molecular weight is 367 g/mol. The van der Waals surface area contributed by atoms with E-state index in [0.717, 1.165) is 12.8 Å². The summed E-state index contributed by atoms with van der Waals surface area (Å²) in [6.07, 6.45) is 6.15. The number of rotatable bonds is 6. The van der Waals surface area contributed by atoms with E-state index in [2.05, 4.69) is 93.6 Å². The second-order valence-corrected chi connectivity index (χ2v) is 10.8. The van der Waals surface area contributed by atoms with E-state index in [1.165, 1.54) is 10.4 Å². The molecule has 138 valence electrons. The Labute approximate surface area is 159 Å². The van der Waals surface area contributed by atoms with Crippen LogP contribution in [0.15, 0.2) is 72.8 Å². The molecule has 1 N–H and O–H groups in total. The Kier molecular flexibility index (Phi) is 5.81. The monoisotopic (exact) mass is 366 g/mol. The van der Waals surface area contributed by atoms with Crippen LogP contribution >= 0.6 is 0 Å². The first kappa shape index (κ1) is 19.1. The maximum Gasteiger partial charge on any atom is 0.240 e. The quantitative estimate of drug-likeness (QED) is 0.628. The molecule has 0 saturated heterocycles. The van der Waals surface area contributed by atoms with Crippen molar-refractivity contribution in [1.29, 1.82) is 0 Å². The zero-order chi connectivity index (χ0) is 18.6. The summed E-state index contributed by atoms with van der Waals surface area (Å²) in [7, 11) is -1.86. The van der Waals surface area contributed by atoms with Crippen LogP contribution in [0, 0.1) is 10.8 Å². The van der Waals surface area contributed by atoms with Gasteiger partial charge in [0.25, 0.3) is 0 Å². The van der Waals surface area contributed by atoms with E-state index in [-0.39, 0.29) is 23.5 Å². The highest BCUT2D eigenvalue weighted by atomic mass is 28.3. The number of aliphatic hydroxyl groups excluding tert-OH is 1. The van der Waals surface area contributed by atoms with Crippen LogP contribution in [0.25, 0.3) is 0 Å². The topological polar surface area (TPSA) is 29.5 Å². The van der Waals surface area contributed by atoms with Gasteiger partial charge in [0.1, 0.15) is 0 Å². The van der Waals surface area contributed by atoms with E-state index >= 15 is 0 Å². The van der Waals surface area contributed by atoms with Crippen LogP contribution in [0.3, 0.4) is 0 Å². The Morgan fingerprint density at radius 3 is 1.77 bits per heavy atom. The maximum atomic E-state index is 10.3. The molecule has 0 radical (unpaired) electrons. The number of benzene rings is 2. The fourth-order valence-corrected chi connectivity index (χ4v) is 6.97. The Balaban J connectivity index is 2.00. The van der Waals surface area contributed by atoms with Crippen molar-refractivity contribution in [3.8, 4) is 0 Å². The van der Waals surface area contributed by atoms with Crippen molar-refractivity contribution in [1.82, 2.24) is 0 Å². The molecule has 2 aromatic rings. The van der Waals surface area contributed by atoms with Crippen LogP contribution in [0.4, 0.5) is 0 Å². The van der Waals surface area contributed by atoms with Crippen molar-refractivity contribution >= 4 is 19.4 Å². The summed E-state index contributed by atoms with van der Waals surface area (Å²) in [6, 6.07) is 21.2. The van der Waals surface area contributed by atoms with Gasteiger partial charge in [0.2, 0.25) is 9.04 Å². The number of allylic oxidation sites excluding steroid dienone is 2. The molecule has 0 aromatic heterocycles. The maximum absolute atomic E-state index is 10.3. The van der Waals surface area contributed by atoms with Crippen molar-refractivity contribution in [3.63, 3.8) is 0 Å². The Morgan fingerprint density at radius 2 is 1.38 bits per heavy atom. The standard InChI is InChI=1S/C23H30O2Si/c1-22(2,3)21(23(18-24)16-10-11-17-23)25-26(19-12-6-4-7-13-19)20-14-8-5-9-15-20/h4-15,21,24,26H,16-18H2,1-3H3. The molecule has 3 rings (SSSR count). The first-order valence-corrected chi connectivity index (χ1v) is 11.1. The molecular formula is C23H30O2Si. The predicted molar refractivity (Wildman–Crippen MR) is 112 cm³/mol. The molecule has 3 heteroatoms. The van der Waals surface area contributed by atoms with E-state index in [1.54, 1.807) is 0 Å². The Bertz CT molecular complexity index is 671. The van der Waals surface area contributed by atoms with Gasteiger partial charge in [-0.2, -0.15) is 0 Å². The molecule has 0 fully saturated rings. The zero-order valence-electron chi connectivity index (χ0n) is 16.1. The van der Waals surface area contributed by atoms with Gasteiger partial charge in [-0.15, -0.1) is 0 Å². The van der Waals surface area contributed by atoms with E-state index in [1.807, 2.05) is 0 Å². The molecule has 0 heterocycles. The summed E-state index contributed by atoms with van der Waals surface area (Å²) in [5.41, 5.74) is -0.267. The zero-order valence-corrected chi connectivity index (χ0v) is 17.2. The molecular weight excluding hydrogens is 336 g/mol. The largest absolute Gasteiger partial charge is 0.407 e. The highest BCUT2D eigenvalue weighted by Gasteiger charge is 2.46. The minimum absolute atomic E-state index is 0.00733. The fraction of sp³-hybridized carbons (Fsp3) is 0.391. The molecule has 0 saturated carbocycles. The van der Waals surface area contributed by atoms with Gasteiger partial charge in [-0.25, -0.2) is 0 Å². The number of aliphatic hydroxyl groups is 1. The van der Waals surface area contributed by atoms with Crippen LogP contribution in [-0.4, -0.2) is 26.9 Å². The molecule has 1 unspecified atom stereocenters. The molecule has 0 amide bonds. The lowest BCUT2D eigenvalue weighted by Crippen LogP contribution is -2.55. The van der Waals surface area contributed by atoms with Crippen LogP contribution in [0.1, 0.15) is 33.6 Å². The fourth-order valence-electron chi connectivity index (χ4n) is 4.15.